The first kappa shape index (κ1) is 37.8. The van der Waals surface area contributed by atoms with Gasteiger partial charge >= 0.3 is 0 Å². The van der Waals surface area contributed by atoms with Crippen molar-refractivity contribution in [3.05, 3.63) is 131 Å². The van der Waals surface area contributed by atoms with E-state index in [1.807, 2.05) is 114 Å². The van der Waals surface area contributed by atoms with Crippen molar-refractivity contribution in [3.63, 3.8) is 0 Å². The third kappa shape index (κ3) is 10.8. The van der Waals surface area contributed by atoms with Crippen LogP contribution in [0.4, 0.5) is 0 Å². The van der Waals surface area contributed by atoms with Crippen LogP contribution in [0.15, 0.2) is 109 Å². The lowest BCUT2D eigenvalue weighted by atomic mass is 10.0. The second-order valence-electron chi connectivity index (χ2n) is 9.49. The Hall–Kier alpha value is -5.22. The molecule has 0 spiro atoms. The average molecular weight is 615 g/mol. The molecule has 0 radical (unpaired) electrons. The number of aliphatic hydroxyl groups is 1. The predicted molar refractivity (Wildman–Crippen MR) is 180 cm³/mol. The molecule has 0 saturated carbocycles. The number of rotatable bonds is 11. The number of imidazole rings is 1. The number of aliphatic hydroxyl groups excluding tert-OH is 1. The second-order valence-corrected chi connectivity index (χ2v) is 9.49. The molecule has 1 aromatic carbocycles. The molecule has 1 aliphatic rings. The zero-order chi connectivity index (χ0) is 33.8. The predicted octanol–water partition coefficient (Wildman–Crippen LogP) is 5.12. The van der Waals surface area contributed by atoms with E-state index in [0.717, 1.165) is 33.8 Å². The third-order valence-corrected chi connectivity index (χ3v) is 6.69. The van der Waals surface area contributed by atoms with Gasteiger partial charge in [-0.25, -0.2) is 4.98 Å². The highest BCUT2D eigenvalue weighted by Gasteiger charge is 2.26. The molecule has 10 heteroatoms. The van der Waals surface area contributed by atoms with Crippen molar-refractivity contribution in [1.29, 1.82) is 0 Å². The summed E-state index contributed by atoms with van der Waals surface area (Å²) in [5.74, 6) is -0.198. The molecule has 0 bridgehead atoms. The van der Waals surface area contributed by atoms with Gasteiger partial charge in [0.1, 0.15) is 13.6 Å². The fourth-order valence-electron chi connectivity index (χ4n) is 4.48. The van der Waals surface area contributed by atoms with E-state index >= 15 is 0 Å². The van der Waals surface area contributed by atoms with E-state index in [4.69, 9.17) is 9.59 Å². The van der Waals surface area contributed by atoms with Gasteiger partial charge in [0.2, 0.25) is 0 Å². The first-order valence-electron chi connectivity index (χ1n) is 14.5. The van der Waals surface area contributed by atoms with E-state index < -0.39 is 0 Å². The van der Waals surface area contributed by atoms with Gasteiger partial charge in [-0.15, -0.1) is 0 Å². The van der Waals surface area contributed by atoms with Crippen LogP contribution in [0.1, 0.15) is 50.1 Å². The SMILES string of the molecule is C=C1C(C(=O)NCc2ccc(C)cc2)=CC=CN1/C(C(=CC)N[C@@H](CO)Cc1cnc[nH]1)=C(\C)c1cc[nH]c1.C=O.C=O.CC. The second kappa shape index (κ2) is 20.6. The zero-order valence-corrected chi connectivity index (χ0v) is 26.9. The van der Waals surface area contributed by atoms with Crippen LogP contribution < -0.4 is 10.6 Å². The van der Waals surface area contributed by atoms with E-state index in [0.29, 0.717) is 24.2 Å². The maximum Gasteiger partial charge on any atom is 0.253 e. The van der Waals surface area contributed by atoms with Gasteiger partial charge in [-0.05, 0) is 55.7 Å². The molecule has 0 unspecified atom stereocenters. The van der Waals surface area contributed by atoms with Crippen LogP contribution >= 0.6 is 0 Å². The first-order valence-corrected chi connectivity index (χ1v) is 14.5. The van der Waals surface area contributed by atoms with Gasteiger partial charge in [0.05, 0.1) is 41.6 Å². The van der Waals surface area contributed by atoms with Gasteiger partial charge < -0.3 is 40.2 Å². The molecule has 1 atom stereocenters. The minimum absolute atomic E-state index is 0.0732. The smallest absolute Gasteiger partial charge is 0.253 e. The number of hydrogen-bond acceptors (Lipinski definition) is 7. The Morgan fingerprint density at radius 3 is 2.38 bits per heavy atom. The Balaban J connectivity index is 0.00000159. The fourth-order valence-corrected chi connectivity index (χ4v) is 4.48. The number of hydrogen-bond donors (Lipinski definition) is 5. The van der Waals surface area contributed by atoms with Crippen molar-refractivity contribution in [3.8, 4) is 0 Å². The molecule has 0 aliphatic carbocycles. The number of aromatic amines is 2. The van der Waals surface area contributed by atoms with Crippen molar-refractivity contribution in [2.24, 2.45) is 0 Å². The number of aryl methyl sites for hydroxylation is 1. The molecule has 5 N–H and O–H groups in total. The normalized spacial score (nSPS) is 13.4. The van der Waals surface area contributed by atoms with Crippen LogP contribution in [-0.2, 0) is 27.3 Å². The quantitative estimate of drug-likeness (QED) is 0.189. The zero-order valence-electron chi connectivity index (χ0n) is 26.9. The summed E-state index contributed by atoms with van der Waals surface area (Å²) in [4.78, 5) is 41.5. The topological polar surface area (TPSA) is 143 Å². The molecular formula is C35H46N6O4. The molecule has 4 rings (SSSR count). The summed E-state index contributed by atoms with van der Waals surface area (Å²) in [6.07, 6.45) is 15.2. The van der Waals surface area contributed by atoms with Crippen LogP contribution in [0.2, 0.25) is 0 Å². The molecule has 1 amide bonds. The van der Waals surface area contributed by atoms with Gasteiger partial charge in [-0.2, -0.15) is 0 Å². The lowest BCUT2D eigenvalue weighted by Crippen LogP contribution is -2.38. The lowest BCUT2D eigenvalue weighted by Gasteiger charge is -2.33. The number of nitrogens with zero attached hydrogens (tertiary/aromatic N) is 2. The number of H-pyrrole nitrogens is 2. The number of carbonyl (C=O) groups is 3. The lowest BCUT2D eigenvalue weighted by molar-refractivity contribution is -0.117. The number of carbonyl (C=O) groups excluding carboxylic acids is 3. The number of allylic oxidation sites excluding steroid dienone is 4. The number of nitrogens with one attached hydrogen (secondary N) is 4. The van der Waals surface area contributed by atoms with Crippen LogP contribution in [0.5, 0.6) is 0 Å². The Labute approximate surface area is 266 Å². The summed E-state index contributed by atoms with van der Waals surface area (Å²) >= 11 is 0. The largest absolute Gasteiger partial charge is 0.394 e. The van der Waals surface area contributed by atoms with Crippen LogP contribution in [0, 0.1) is 6.92 Å². The maximum absolute atomic E-state index is 13.3. The molecule has 10 nitrogen and oxygen atoms in total. The molecule has 45 heavy (non-hydrogen) atoms. The summed E-state index contributed by atoms with van der Waals surface area (Å²) in [5, 5.41) is 16.7. The summed E-state index contributed by atoms with van der Waals surface area (Å²) in [6.45, 7) is 18.7. The van der Waals surface area contributed by atoms with Crippen molar-refractivity contribution in [2.75, 3.05) is 6.61 Å². The van der Waals surface area contributed by atoms with Crippen LogP contribution in [-0.4, -0.2) is 57.1 Å². The van der Waals surface area contributed by atoms with Gasteiger partial charge in [-0.3, -0.25) is 4.79 Å². The molecule has 3 heterocycles. The summed E-state index contributed by atoms with van der Waals surface area (Å²) in [5.41, 5.74) is 7.77. The Kier molecular flexibility index (Phi) is 17.3. The van der Waals surface area contributed by atoms with Crippen molar-refractivity contribution in [2.45, 2.75) is 53.6 Å². The third-order valence-electron chi connectivity index (χ3n) is 6.69. The highest BCUT2D eigenvalue weighted by atomic mass is 16.3. The molecular weight excluding hydrogens is 568 g/mol. The first-order chi connectivity index (χ1) is 21.9. The van der Waals surface area contributed by atoms with Crippen molar-refractivity contribution in [1.82, 2.24) is 30.5 Å². The molecule has 2 aromatic heterocycles. The highest BCUT2D eigenvalue weighted by molar-refractivity contribution is 5.98. The average Bonchev–Trinajstić information content (AvgIpc) is 3.82. The minimum Gasteiger partial charge on any atom is -0.394 e. The number of benzene rings is 1. The Morgan fingerprint density at radius 1 is 1.13 bits per heavy atom. The molecule has 3 aromatic rings. The van der Waals surface area contributed by atoms with Gasteiger partial charge in [-0.1, -0.05) is 56.3 Å². The van der Waals surface area contributed by atoms with Crippen molar-refractivity contribution >= 4 is 25.1 Å². The van der Waals surface area contributed by atoms with E-state index in [1.165, 1.54) is 5.56 Å². The van der Waals surface area contributed by atoms with E-state index in [9.17, 15) is 9.90 Å². The fraction of sp³-hybridized carbons (Fsp3) is 0.257. The summed E-state index contributed by atoms with van der Waals surface area (Å²) in [6, 6.07) is 9.82. The van der Waals surface area contributed by atoms with Crippen LogP contribution in [0.25, 0.3) is 5.57 Å². The van der Waals surface area contributed by atoms with Gasteiger partial charge in [0.25, 0.3) is 5.91 Å². The molecule has 240 valence electrons. The van der Waals surface area contributed by atoms with Gasteiger partial charge in [0.15, 0.2) is 0 Å². The highest BCUT2D eigenvalue weighted by Crippen LogP contribution is 2.33. The Bertz CT molecular complexity index is 1430. The van der Waals surface area contributed by atoms with Crippen molar-refractivity contribution < 1.29 is 19.5 Å². The molecule has 0 fully saturated rings. The number of aromatic nitrogens is 3. The standard InChI is InChI=1S/C31H36N6O2.C2H6.2CH2O/c1-5-29(36-27(19-38)15-26-18-33-20-35-26)30(22(3)25-12-13-32-17-25)37-14-6-7-28(23(37)4)31(39)34-16-24-10-8-21(2)9-11-24;3*1-2/h5-14,17-18,20,27,32,36,38H,4,15-16,19H2,1-3H3,(H,33,35)(H,34,39);1-2H3;2*1H2/b29-5?,30-22+;;;/t27-;;;/m1.../s1. The molecule has 1 aliphatic heterocycles. The van der Waals surface area contributed by atoms with Gasteiger partial charge in [0, 0.05) is 43.4 Å². The van der Waals surface area contributed by atoms with E-state index in [2.05, 4.69) is 32.2 Å². The maximum atomic E-state index is 13.3. The minimum atomic E-state index is -0.263. The summed E-state index contributed by atoms with van der Waals surface area (Å²) < 4.78 is 0. The summed E-state index contributed by atoms with van der Waals surface area (Å²) in [7, 11) is 0. The number of amides is 1. The van der Waals surface area contributed by atoms with Crippen LogP contribution in [0.3, 0.4) is 0 Å². The van der Waals surface area contributed by atoms with E-state index in [1.54, 1.807) is 18.6 Å². The molecule has 0 saturated heterocycles. The Morgan fingerprint density at radius 2 is 1.82 bits per heavy atom. The monoisotopic (exact) mass is 614 g/mol. The van der Waals surface area contributed by atoms with E-state index in [-0.39, 0.29) is 18.6 Å².